The fourth-order valence-electron chi connectivity index (χ4n) is 19.9. The number of benzene rings is 9. The summed E-state index contributed by atoms with van der Waals surface area (Å²) in [7, 11) is -16.3. The Bertz CT molecular complexity index is 6810. The molecule has 9 aromatic rings. The second-order valence-corrected chi connectivity index (χ2v) is 51.9. The zero-order valence-electron chi connectivity index (χ0n) is 71.8. The number of rotatable bonds is 18. The van der Waals surface area contributed by atoms with Crippen LogP contribution in [0, 0.1) is 106 Å². The molecule has 0 radical (unpaired) electrons. The zero-order valence-corrected chi connectivity index (χ0v) is 86.9. The molecule has 4 aliphatic carbocycles. The van der Waals surface area contributed by atoms with Crippen LogP contribution in [-0.2, 0) is 95.7 Å². The Kier molecular flexibility index (Phi) is 36.2. The number of ether oxygens (including phenoxy) is 4. The molecule has 0 bridgehead atoms. The van der Waals surface area contributed by atoms with E-state index in [1.54, 1.807) is 12.1 Å². The fourth-order valence-corrected chi connectivity index (χ4v) is 34.1. The second-order valence-electron chi connectivity index (χ2n) is 33.3. The van der Waals surface area contributed by atoms with Gasteiger partial charge in [0.2, 0.25) is 18.1 Å². The van der Waals surface area contributed by atoms with Crippen molar-refractivity contribution in [1.82, 2.24) is 0 Å². The van der Waals surface area contributed by atoms with Gasteiger partial charge in [-0.2, -0.15) is 21.0 Å². The normalized spacial score (nSPS) is 24.1. The van der Waals surface area contributed by atoms with Gasteiger partial charge in [-0.1, -0.05) is 75.7 Å². The van der Waals surface area contributed by atoms with Crippen LogP contribution in [0.15, 0.2) is 194 Å². The number of hydrogen-bond acceptors (Lipinski definition) is 25. The van der Waals surface area contributed by atoms with Gasteiger partial charge in [0.05, 0.1) is 96.3 Å². The Morgan fingerprint density at radius 2 is 0.654 bits per heavy atom. The van der Waals surface area contributed by atoms with Crippen LogP contribution >= 0.6 is 92.0 Å². The average molecular weight is 2220 g/mol. The van der Waals surface area contributed by atoms with Crippen molar-refractivity contribution in [2.24, 2.45) is 58.4 Å². The molecule has 12 atom stereocenters. The average Bonchev–Trinajstić information content (AvgIpc) is 0.723. The Labute approximate surface area is 863 Å². The van der Waals surface area contributed by atoms with Crippen LogP contribution in [0.2, 0.25) is 25.1 Å². The van der Waals surface area contributed by atoms with Crippen LogP contribution < -0.4 is 81.3 Å². The van der Waals surface area contributed by atoms with Crippen LogP contribution in [0.4, 0.5) is 35.1 Å². The van der Waals surface area contributed by atoms with Crippen LogP contribution in [0.3, 0.4) is 0 Å². The third-order valence-electron chi connectivity index (χ3n) is 25.9. The van der Waals surface area contributed by atoms with E-state index in [1.807, 2.05) is 6.92 Å². The third kappa shape index (κ3) is 22.0. The minimum Gasteiger partial charge on any atom is -0.635 e. The van der Waals surface area contributed by atoms with Gasteiger partial charge in [0, 0.05) is 65.1 Å². The monoisotopic (exact) mass is 2210 g/mol. The molecule has 8 aliphatic rings. The topological polar surface area (TPSA) is 373 Å². The molecule has 4 heterocycles. The van der Waals surface area contributed by atoms with E-state index in [9.17, 15) is 76.5 Å². The van der Waals surface area contributed by atoms with Crippen molar-refractivity contribution in [2.75, 3.05) is 57.3 Å². The minimum absolute atomic E-state index is 0. The Morgan fingerprint density at radius 3 is 0.949 bits per heavy atom. The van der Waals surface area contributed by atoms with Gasteiger partial charge >= 0.3 is 51.4 Å². The first-order valence-electron chi connectivity index (χ1n) is 41.3. The van der Waals surface area contributed by atoms with Gasteiger partial charge in [0.25, 0.3) is 10.1 Å². The van der Waals surface area contributed by atoms with Crippen molar-refractivity contribution in [3.05, 3.63) is 268 Å². The molecule has 24 nitrogen and oxygen atoms in total. The molecule has 4 aliphatic heterocycles. The maximum atomic E-state index is 15.4. The zero-order chi connectivity index (χ0) is 98.9. The molecule has 17 rings (SSSR count). The van der Waals surface area contributed by atoms with Crippen LogP contribution in [0.5, 0.6) is 23.0 Å². The number of thiol groups is 1. The molecule has 4 fully saturated rings. The number of hydrogen-bond donors (Lipinski definition) is 2. The van der Waals surface area contributed by atoms with E-state index >= 15 is 17.6 Å². The summed E-state index contributed by atoms with van der Waals surface area (Å²) in [5.41, 5.74) is 4.09. The van der Waals surface area contributed by atoms with Crippen LogP contribution in [-0.4, -0.2) is 116 Å². The molecule has 0 saturated heterocycles. The van der Waals surface area contributed by atoms with Gasteiger partial charge in [-0.15, -0.1) is 4.91 Å². The van der Waals surface area contributed by atoms with Crippen molar-refractivity contribution in [1.29, 1.82) is 0 Å². The first kappa shape index (κ1) is 111. The van der Waals surface area contributed by atoms with E-state index in [4.69, 9.17) is 113 Å². The molecule has 0 spiro atoms. The Hall–Kier alpha value is -5.43. The fraction of sp³-hybridized carbons (Fsp3) is 0.386. The van der Waals surface area contributed by atoms with Gasteiger partial charge in [0.1, 0.15) is 41.8 Å². The van der Waals surface area contributed by atoms with E-state index in [2.05, 4.69) is 23.4 Å². The van der Waals surface area contributed by atoms with E-state index < -0.39 is 196 Å². The number of nitrogens with zero attached hydrogens (tertiary/aromatic N) is 1. The number of halogens is 15. The summed E-state index contributed by atoms with van der Waals surface area (Å²) < 4.78 is 323. The van der Waals surface area contributed by atoms with E-state index in [0.717, 1.165) is 48.0 Å². The standard InChI is InChI=1S/C27H25ClF2O6S2.C20H17Cl3F2O5S2.C20H18Cl2F2O5S2.C20H19ClF2O3S2.CH5N.K.HNO3/c1-17-2-6-22(7-3-17)38(33,34)36-15-18-12-13-27(37(31,32)21-8-4-20(28)5-9-21)19(14-18)16-35-26-24(30)11-10-23(29)25(26)27;21-13-1-3-14(4-2-13)32(28,29)20-6-5-11(10-31(23,26)27)7-12(20)9-30-19-16(24)8-15(22)18(25)17(19)20;21-14-1-3-15(4-2-14)31(27,28)20-8-7-12(11-30(22,25)26)9-13(20)10-29-19-17(24)6-5-16(23)18(19)20;21-14-1-3-15(4-2-14)28(24,25)20-8-7-12(11-27)9-13(20)10-26-19-17(23)6-5-16(22)18(19)20;1-2;;2-1-4-3/h2-11,18-19H,12-16H2,1H3;1-4,8,11-12H,5-7,9-10H2;1-6,12-13H,7-11H2;1-6,12-13,27H,7-11H2;2H2,1H3;;3H/q;;;;;+1;/p-1/t18-,19-,27+;11-,12-,20+;2*12-,13-,20+;;;/m1111.../s1. The smallest absolute Gasteiger partial charge is 0.635 e. The summed E-state index contributed by atoms with van der Waals surface area (Å²) in [5.74, 6) is -12.7. The summed E-state index contributed by atoms with van der Waals surface area (Å²) in [5, 5.41) is 10.5. The van der Waals surface area contributed by atoms with Crippen molar-refractivity contribution >= 4 is 160 Å². The molecule has 2 N–H and O–H groups in total. The second kappa shape index (κ2) is 44.4. The molecule has 136 heavy (non-hydrogen) atoms. The predicted octanol–water partition coefficient (Wildman–Crippen LogP) is 16.4. The third-order valence-corrected chi connectivity index (χ3v) is 41.8. The van der Waals surface area contributed by atoms with Gasteiger partial charge in [-0.25, -0.2) is 85.6 Å². The molecule has 732 valence electrons. The van der Waals surface area contributed by atoms with Crippen molar-refractivity contribution in [3.63, 3.8) is 0 Å². The number of fused-ring (bicyclic) bond motifs is 12. The molecule has 48 heteroatoms. The number of nitrogens with two attached hydrogens (primary N) is 1. The quantitative estimate of drug-likeness (QED) is 0.00927. The summed E-state index contributed by atoms with van der Waals surface area (Å²) in [6.07, 6.45) is 1.78. The molecule has 4 saturated carbocycles. The molecular formula is C88H84Cl7F8KN2O22S8. The maximum Gasteiger partial charge on any atom is 1.00 e. The molecule has 0 aromatic heterocycles. The molecule has 0 amide bonds. The number of sulfone groups is 4. The van der Waals surface area contributed by atoms with Gasteiger partial charge in [-0.3, -0.25) is 4.18 Å². The van der Waals surface area contributed by atoms with E-state index in [1.165, 1.54) is 122 Å². The Morgan fingerprint density at radius 1 is 0.397 bits per heavy atom. The van der Waals surface area contributed by atoms with Crippen molar-refractivity contribution in [2.45, 2.75) is 127 Å². The summed E-state index contributed by atoms with van der Waals surface area (Å²) >= 11 is 33.9. The van der Waals surface area contributed by atoms with Crippen molar-refractivity contribution < 1.29 is 179 Å². The first-order chi connectivity index (χ1) is 63.5. The SMILES string of the molecule is CN.Cc1ccc(S(=O)(=O)OC[C@@H]2CC[C@@]3(S(=O)(=O)c4ccc(Cl)cc4)c4c(F)ccc(F)c4OC[C@H]3C2)cc1.O=NO[O-].O=S(=O)(Cl)C[C@@H]1CC[C@@]2(S(=O)(=O)c3ccc(Cl)cc3)c3c(F)c(Cl)cc(F)c3OC[C@H]2C1.O=S(=O)(Cl)C[C@@H]1CC[C@@]2(S(=O)(=O)c3ccc(Cl)cc3)c3c(F)ccc(F)c3OC[C@H]2C1.O=S(=O)(c1ccc(Cl)cc1)[C@@]12CC[C@@H](CS)C[C@@H]1COc1c(F)ccc(F)c12.[K+]. The molecule has 9 aromatic carbocycles. The molecule has 0 unspecified atom stereocenters. The Balaban J connectivity index is 0.000000171. The van der Waals surface area contributed by atoms with Crippen molar-refractivity contribution in [3.8, 4) is 23.0 Å². The van der Waals surface area contributed by atoms with Crippen LogP contribution in [0.1, 0.15) is 105 Å². The van der Waals surface area contributed by atoms with E-state index in [-0.39, 0.29) is 219 Å². The van der Waals surface area contributed by atoms with Crippen LogP contribution in [0.25, 0.3) is 0 Å². The van der Waals surface area contributed by atoms with Gasteiger partial charge in [0.15, 0.2) is 91.4 Å². The first-order valence-corrected chi connectivity index (χ1v) is 56.1. The predicted molar refractivity (Wildman–Crippen MR) is 491 cm³/mol. The van der Waals surface area contributed by atoms with Gasteiger partial charge < -0.3 is 34.9 Å². The number of aryl methyl sites for hydroxylation is 1. The maximum absolute atomic E-state index is 15.4. The summed E-state index contributed by atoms with van der Waals surface area (Å²) in [6.45, 7) is 1.06. The minimum atomic E-state index is -4.32. The summed E-state index contributed by atoms with van der Waals surface area (Å²) in [6, 6.07) is 34.7. The van der Waals surface area contributed by atoms with Gasteiger partial charge in [-0.05, 0) is 272 Å². The largest absolute Gasteiger partial charge is 1.00 e. The summed E-state index contributed by atoms with van der Waals surface area (Å²) in [4.78, 5) is 10.5. The van der Waals surface area contributed by atoms with E-state index in [0.29, 0.717) is 38.7 Å². The molecular weight excluding hydrogens is 2130 g/mol.